The smallest absolute Gasteiger partial charge is 0.207 e. The molecule has 0 amide bonds. The first-order valence-corrected chi connectivity index (χ1v) is 7.88. The SMILES string of the molecule is C=C(C)CN(C(C)C#CC)S(=O)(=O)c1ccc(C)cc1. The summed E-state index contributed by atoms with van der Waals surface area (Å²) in [7, 11) is -3.56. The monoisotopic (exact) mass is 291 g/mol. The van der Waals surface area contributed by atoms with Crippen molar-refractivity contribution in [3.63, 3.8) is 0 Å². The van der Waals surface area contributed by atoms with Crippen LogP contribution in [0.4, 0.5) is 0 Å². The van der Waals surface area contributed by atoms with Crippen LogP contribution in [-0.4, -0.2) is 25.3 Å². The van der Waals surface area contributed by atoms with Gasteiger partial charge in [0.1, 0.15) is 0 Å². The molecule has 1 unspecified atom stereocenters. The van der Waals surface area contributed by atoms with E-state index < -0.39 is 10.0 Å². The highest BCUT2D eigenvalue weighted by atomic mass is 32.2. The molecule has 4 heteroatoms. The van der Waals surface area contributed by atoms with Gasteiger partial charge in [-0.3, -0.25) is 0 Å². The minimum atomic E-state index is -3.56. The van der Waals surface area contributed by atoms with Crippen molar-refractivity contribution in [2.24, 2.45) is 0 Å². The Bertz CT molecular complexity index is 633. The van der Waals surface area contributed by atoms with Crippen molar-refractivity contribution in [1.82, 2.24) is 4.31 Å². The zero-order chi connectivity index (χ0) is 15.3. The maximum absolute atomic E-state index is 12.7. The van der Waals surface area contributed by atoms with E-state index in [1.165, 1.54) is 4.31 Å². The Morgan fingerprint density at radius 2 is 1.90 bits per heavy atom. The molecule has 0 spiro atoms. The highest BCUT2D eigenvalue weighted by Gasteiger charge is 2.28. The Labute approximate surface area is 122 Å². The first-order chi connectivity index (χ1) is 9.28. The fourth-order valence-electron chi connectivity index (χ4n) is 1.82. The number of hydrogen-bond donors (Lipinski definition) is 0. The summed E-state index contributed by atoms with van der Waals surface area (Å²) in [6.45, 7) is 11.3. The predicted octanol–water partition coefficient (Wildman–Crippen LogP) is 2.97. The zero-order valence-electron chi connectivity index (χ0n) is 12.5. The Hall–Kier alpha value is -1.57. The average Bonchev–Trinajstić information content (AvgIpc) is 2.36. The number of benzene rings is 1. The molecule has 0 saturated heterocycles. The van der Waals surface area contributed by atoms with Crippen molar-refractivity contribution < 1.29 is 8.42 Å². The molecule has 0 bridgehead atoms. The van der Waals surface area contributed by atoms with Crippen LogP contribution in [0.15, 0.2) is 41.3 Å². The van der Waals surface area contributed by atoms with Gasteiger partial charge < -0.3 is 0 Å². The molecule has 1 atom stereocenters. The van der Waals surface area contributed by atoms with Crippen molar-refractivity contribution in [3.8, 4) is 11.8 Å². The summed E-state index contributed by atoms with van der Waals surface area (Å²) in [6.07, 6.45) is 0. The lowest BCUT2D eigenvalue weighted by Gasteiger charge is -2.25. The molecule has 0 aliphatic rings. The number of nitrogens with zero attached hydrogens (tertiary/aromatic N) is 1. The van der Waals surface area contributed by atoms with E-state index >= 15 is 0 Å². The van der Waals surface area contributed by atoms with Gasteiger partial charge in [0, 0.05) is 6.54 Å². The van der Waals surface area contributed by atoms with E-state index in [1.54, 1.807) is 38.1 Å². The lowest BCUT2D eigenvalue weighted by Crippen LogP contribution is -2.38. The quantitative estimate of drug-likeness (QED) is 0.618. The number of rotatable bonds is 5. The number of aryl methyl sites for hydroxylation is 1. The van der Waals surface area contributed by atoms with Gasteiger partial charge in [-0.1, -0.05) is 35.8 Å². The third-order valence-corrected chi connectivity index (χ3v) is 4.77. The van der Waals surface area contributed by atoms with Crippen molar-refractivity contribution in [2.45, 2.75) is 38.6 Å². The Morgan fingerprint density at radius 3 is 2.35 bits per heavy atom. The summed E-state index contributed by atoms with van der Waals surface area (Å²) in [5.74, 6) is 5.66. The zero-order valence-corrected chi connectivity index (χ0v) is 13.3. The van der Waals surface area contributed by atoms with Gasteiger partial charge in [-0.2, -0.15) is 4.31 Å². The third-order valence-electron chi connectivity index (χ3n) is 2.84. The van der Waals surface area contributed by atoms with E-state index in [1.807, 2.05) is 13.8 Å². The fraction of sp³-hybridized carbons (Fsp3) is 0.375. The molecule has 0 radical (unpaired) electrons. The molecule has 20 heavy (non-hydrogen) atoms. The minimum Gasteiger partial charge on any atom is -0.207 e. The van der Waals surface area contributed by atoms with Crippen LogP contribution in [0.5, 0.6) is 0 Å². The lowest BCUT2D eigenvalue weighted by molar-refractivity contribution is 0.409. The normalized spacial score (nSPS) is 12.7. The lowest BCUT2D eigenvalue weighted by atomic mass is 10.2. The van der Waals surface area contributed by atoms with Gasteiger partial charge in [-0.25, -0.2) is 8.42 Å². The molecule has 3 nitrogen and oxygen atoms in total. The molecule has 0 aliphatic carbocycles. The van der Waals surface area contributed by atoms with Crippen LogP contribution >= 0.6 is 0 Å². The standard InChI is InChI=1S/C16H21NO2S/c1-6-7-15(5)17(12-13(2)3)20(18,19)16-10-8-14(4)9-11-16/h8-11,15H,2,12H2,1,3-5H3. The van der Waals surface area contributed by atoms with Gasteiger partial charge in [0.2, 0.25) is 10.0 Å². The van der Waals surface area contributed by atoms with Gasteiger partial charge >= 0.3 is 0 Å². The van der Waals surface area contributed by atoms with Crippen LogP contribution in [0, 0.1) is 18.8 Å². The summed E-state index contributed by atoms with van der Waals surface area (Å²) < 4.78 is 26.8. The summed E-state index contributed by atoms with van der Waals surface area (Å²) >= 11 is 0. The van der Waals surface area contributed by atoms with Crippen LogP contribution in [0.2, 0.25) is 0 Å². The van der Waals surface area contributed by atoms with Crippen LogP contribution in [0.25, 0.3) is 0 Å². The van der Waals surface area contributed by atoms with E-state index in [9.17, 15) is 8.42 Å². The van der Waals surface area contributed by atoms with Crippen molar-refractivity contribution in [1.29, 1.82) is 0 Å². The molecule has 0 saturated carbocycles. The first kappa shape index (κ1) is 16.5. The minimum absolute atomic E-state index is 0.270. The van der Waals surface area contributed by atoms with Crippen molar-refractivity contribution in [2.75, 3.05) is 6.54 Å². The van der Waals surface area contributed by atoms with Gasteiger partial charge in [0.05, 0.1) is 10.9 Å². The molecule has 0 heterocycles. The maximum Gasteiger partial charge on any atom is 0.244 e. The molecular formula is C16H21NO2S. The Morgan fingerprint density at radius 1 is 1.35 bits per heavy atom. The van der Waals surface area contributed by atoms with E-state index in [-0.39, 0.29) is 17.5 Å². The second kappa shape index (κ2) is 6.74. The molecule has 1 aromatic carbocycles. The molecule has 0 N–H and O–H groups in total. The third kappa shape index (κ3) is 3.96. The van der Waals surface area contributed by atoms with Gasteiger partial charge in [0.15, 0.2) is 0 Å². The molecule has 0 aliphatic heterocycles. The van der Waals surface area contributed by atoms with Crippen LogP contribution < -0.4 is 0 Å². The predicted molar refractivity (Wildman–Crippen MR) is 82.8 cm³/mol. The summed E-state index contributed by atoms with van der Waals surface area (Å²) in [5.41, 5.74) is 1.81. The van der Waals surface area contributed by atoms with Crippen LogP contribution in [-0.2, 0) is 10.0 Å². The van der Waals surface area contributed by atoms with E-state index in [4.69, 9.17) is 0 Å². The average molecular weight is 291 g/mol. The first-order valence-electron chi connectivity index (χ1n) is 6.44. The largest absolute Gasteiger partial charge is 0.244 e. The number of sulfonamides is 1. The van der Waals surface area contributed by atoms with Crippen LogP contribution in [0.1, 0.15) is 26.3 Å². The van der Waals surface area contributed by atoms with E-state index in [0.29, 0.717) is 0 Å². The molecule has 1 rings (SSSR count). The Balaban J connectivity index is 3.25. The summed E-state index contributed by atoms with van der Waals surface area (Å²) in [5, 5.41) is 0. The van der Waals surface area contributed by atoms with Gasteiger partial charge in [-0.15, -0.1) is 5.92 Å². The van der Waals surface area contributed by atoms with Crippen LogP contribution in [0.3, 0.4) is 0 Å². The molecular weight excluding hydrogens is 270 g/mol. The fourth-order valence-corrected chi connectivity index (χ4v) is 3.43. The second-order valence-corrected chi connectivity index (χ2v) is 6.78. The second-order valence-electron chi connectivity index (χ2n) is 4.89. The topological polar surface area (TPSA) is 37.4 Å². The van der Waals surface area contributed by atoms with Gasteiger partial charge in [0.25, 0.3) is 0 Å². The highest BCUT2D eigenvalue weighted by molar-refractivity contribution is 7.89. The molecule has 108 valence electrons. The number of hydrogen-bond acceptors (Lipinski definition) is 2. The van der Waals surface area contributed by atoms with Crippen molar-refractivity contribution >= 4 is 10.0 Å². The Kier molecular flexibility index (Phi) is 5.55. The van der Waals surface area contributed by atoms with Crippen molar-refractivity contribution in [3.05, 3.63) is 42.0 Å². The highest BCUT2D eigenvalue weighted by Crippen LogP contribution is 2.19. The molecule has 1 aromatic rings. The summed E-state index contributed by atoms with van der Waals surface area (Å²) in [4.78, 5) is 0.286. The summed E-state index contributed by atoms with van der Waals surface area (Å²) in [6, 6.07) is 6.46. The van der Waals surface area contributed by atoms with Gasteiger partial charge in [-0.05, 0) is 39.8 Å². The van der Waals surface area contributed by atoms with E-state index in [0.717, 1.165) is 11.1 Å². The van der Waals surface area contributed by atoms with E-state index in [2.05, 4.69) is 18.4 Å². The maximum atomic E-state index is 12.7. The molecule has 0 fully saturated rings. The molecule has 0 aromatic heterocycles.